The number of anilines is 2. The summed E-state index contributed by atoms with van der Waals surface area (Å²) >= 11 is 1.16. The van der Waals surface area contributed by atoms with Crippen molar-refractivity contribution in [3.05, 3.63) is 47.1 Å². The molecule has 0 spiro atoms. The van der Waals surface area contributed by atoms with Gasteiger partial charge in [0.1, 0.15) is 5.82 Å². The van der Waals surface area contributed by atoms with E-state index in [4.69, 9.17) is 20.0 Å². The number of carbonyl (C=O) groups excluding carboxylic acids is 1. The average Bonchev–Trinajstić information content (AvgIpc) is 3.63. The van der Waals surface area contributed by atoms with Crippen LogP contribution in [0.3, 0.4) is 0 Å². The van der Waals surface area contributed by atoms with E-state index < -0.39 is 21.1 Å². The van der Waals surface area contributed by atoms with E-state index in [2.05, 4.69) is 27.4 Å². The van der Waals surface area contributed by atoms with Gasteiger partial charge >= 0.3 is 6.03 Å². The molecule has 2 unspecified atom stereocenters. The van der Waals surface area contributed by atoms with Crippen molar-refractivity contribution >= 4 is 38.7 Å². The Morgan fingerprint density at radius 2 is 2.05 bits per heavy atom. The maximum absolute atomic E-state index is 13.2. The molecule has 1 saturated heterocycles. The summed E-state index contributed by atoms with van der Waals surface area (Å²) in [5.41, 5.74) is 2.71. The summed E-state index contributed by atoms with van der Waals surface area (Å²) in [6.07, 6.45) is 0.718. The summed E-state index contributed by atoms with van der Waals surface area (Å²) in [7, 11) is -3.54. The van der Waals surface area contributed by atoms with Gasteiger partial charge in [0.15, 0.2) is 5.82 Å². The van der Waals surface area contributed by atoms with Crippen molar-refractivity contribution < 1.29 is 17.9 Å². The van der Waals surface area contributed by atoms with Crippen LogP contribution in [0.5, 0.6) is 0 Å². The summed E-state index contributed by atoms with van der Waals surface area (Å²) in [4.78, 5) is 28.0. The predicted octanol–water partition coefficient (Wildman–Crippen LogP) is 3.50. The normalized spacial score (nSPS) is 20.7. The largest absolute Gasteiger partial charge is 0.377 e. The zero-order valence-electron chi connectivity index (χ0n) is 21.6. The molecule has 13 heteroatoms. The average molecular weight is 568 g/mol. The molecule has 5 rings (SSSR count). The number of amides is 2. The molecule has 2 aromatic heterocycles. The molecule has 3 heterocycles. The summed E-state index contributed by atoms with van der Waals surface area (Å²) < 4.78 is 32.2. The zero-order chi connectivity index (χ0) is 27.6. The van der Waals surface area contributed by atoms with Gasteiger partial charge in [-0.25, -0.2) is 28.2 Å². The molecule has 0 radical (unpaired) electrons. The Hall–Kier alpha value is -3.60. The standard InChI is InChI=1S/C26H29N7O4S2/c1-16-15-38-26(29-16)39(35,36)22-12-20(22)21-13-23(33-10-11-37-14-17(33)2)32-24(31-21)18-4-6-19(7-5-18)30-25(34)28-9-3-8-27/h4-7,13,15,17,20,22H,3,9-12,14H2,1-2H3,(H2,28,30,34)/t17-,20?,22?/m0/s1. The number of thiazole rings is 1. The van der Waals surface area contributed by atoms with Crippen LogP contribution < -0.4 is 15.5 Å². The van der Waals surface area contributed by atoms with E-state index in [0.717, 1.165) is 22.7 Å². The maximum atomic E-state index is 13.2. The number of aromatic nitrogens is 3. The Morgan fingerprint density at radius 3 is 2.74 bits per heavy atom. The molecule has 1 saturated carbocycles. The summed E-state index contributed by atoms with van der Waals surface area (Å²) in [5, 5.41) is 15.2. The SMILES string of the molecule is Cc1csc(S(=O)(=O)C2CC2c2cc(N3CCOC[C@@H]3C)nc(-c3ccc(NC(=O)NCCC#N)cc3)n2)n1. The molecule has 1 aliphatic heterocycles. The van der Waals surface area contributed by atoms with Crippen LogP contribution in [-0.4, -0.2) is 67.0 Å². The number of rotatable bonds is 8. The zero-order valence-corrected chi connectivity index (χ0v) is 23.3. The Bertz CT molecular complexity index is 1500. The monoisotopic (exact) mass is 567 g/mol. The third-order valence-corrected chi connectivity index (χ3v) is 10.3. The van der Waals surface area contributed by atoms with Crippen molar-refractivity contribution in [2.45, 2.75) is 48.2 Å². The number of hydrogen-bond donors (Lipinski definition) is 2. The highest BCUT2D eigenvalue weighted by Gasteiger charge is 2.51. The number of nitriles is 1. The van der Waals surface area contributed by atoms with Crippen LogP contribution in [0.2, 0.25) is 0 Å². The Labute approximate surface area is 231 Å². The molecule has 11 nitrogen and oxygen atoms in total. The first-order valence-corrected chi connectivity index (χ1v) is 15.1. The number of ether oxygens (including phenoxy) is 1. The van der Waals surface area contributed by atoms with Crippen LogP contribution in [0.1, 0.15) is 37.1 Å². The van der Waals surface area contributed by atoms with E-state index in [9.17, 15) is 13.2 Å². The van der Waals surface area contributed by atoms with Crippen molar-refractivity contribution in [1.82, 2.24) is 20.3 Å². The van der Waals surface area contributed by atoms with E-state index in [1.807, 2.05) is 24.3 Å². The number of urea groups is 1. The summed E-state index contributed by atoms with van der Waals surface area (Å²) in [5.74, 6) is 0.978. The first-order valence-electron chi connectivity index (χ1n) is 12.7. The van der Waals surface area contributed by atoms with Gasteiger partial charge < -0.3 is 20.3 Å². The first kappa shape index (κ1) is 27.0. The minimum Gasteiger partial charge on any atom is -0.377 e. The molecular formula is C26H29N7O4S2. The van der Waals surface area contributed by atoms with Crippen LogP contribution in [0.25, 0.3) is 11.4 Å². The van der Waals surface area contributed by atoms with Gasteiger partial charge in [-0.1, -0.05) is 0 Å². The number of benzene rings is 1. The first-order chi connectivity index (χ1) is 18.8. The Kier molecular flexibility index (Phi) is 7.79. The summed E-state index contributed by atoms with van der Waals surface area (Å²) in [6.45, 7) is 5.96. The maximum Gasteiger partial charge on any atom is 0.319 e. The van der Waals surface area contributed by atoms with Gasteiger partial charge in [0.25, 0.3) is 0 Å². The van der Waals surface area contributed by atoms with Crippen LogP contribution in [0, 0.1) is 18.3 Å². The smallest absolute Gasteiger partial charge is 0.319 e. The van der Waals surface area contributed by atoms with Gasteiger partial charge in [-0.15, -0.1) is 11.3 Å². The van der Waals surface area contributed by atoms with Gasteiger partial charge in [0, 0.05) is 47.4 Å². The molecule has 2 aliphatic rings. The lowest BCUT2D eigenvalue weighted by Crippen LogP contribution is -2.44. The Balaban J connectivity index is 1.42. The molecule has 2 amide bonds. The molecule has 1 aliphatic carbocycles. The van der Waals surface area contributed by atoms with Gasteiger partial charge in [0.2, 0.25) is 14.2 Å². The molecule has 0 bridgehead atoms. The fourth-order valence-electron chi connectivity index (χ4n) is 4.51. The highest BCUT2D eigenvalue weighted by atomic mass is 32.2. The molecule has 204 valence electrons. The molecule has 2 N–H and O–H groups in total. The number of aryl methyl sites for hydroxylation is 1. The number of nitrogens with zero attached hydrogens (tertiary/aromatic N) is 5. The van der Waals surface area contributed by atoms with E-state index in [1.165, 1.54) is 0 Å². The van der Waals surface area contributed by atoms with Crippen LogP contribution in [-0.2, 0) is 14.6 Å². The topological polar surface area (TPSA) is 150 Å². The van der Waals surface area contributed by atoms with Gasteiger partial charge in [-0.2, -0.15) is 5.26 Å². The fourth-order valence-corrected chi connectivity index (χ4v) is 7.65. The quantitative estimate of drug-likeness (QED) is 0.390. The predicted molar refractivity (Wildman–Crippen MR) is 148 cm³/mol. The van der Waals surface area contributed by atoms with Crippen molar-refractivity contribution in [2.24, 2.45) is 0 Å². The second-order valence-corrected chi connectivity index (χ2v) is 12.8. The molecule has 2 fully saturated rings. The van der Waals surface area contributed by atoms with Crippen LogP contribution >= 0.6 is 11.3 Å². The molecule has 39 heavy (non-hydrogen) atoms. The number of nitrogens with one attached hydrogen (secondary N) is 2. The van der Waals surface area contributed by atoms with E-state index in [1.54, 1.807) is 24.4 Å². The number of hydrogen-bond acceptors (Lipinski definition) is 10. The highest BCUT2D eigenvalue weighted by Crippen LogP contribution is 2.48. The number of sulfone groups is 1. The van der Waals surface area contributed by atoms with Gasteiger partial charge in [-0.3, -0.25) is 0 Å². The molecule has 3 aromatic rings. The summed E-state index contributed by atoms with van der Waals surface area (Å²) in [6, 6.07) is 10.7. The van der Waals surface area contributed by atoms with E-state index >= 15 is 0 Å². The second kappa shape index (κ2) is 11.3. The van der Waals surface area contributed by atoms with Crippen molar-refractivity contribution in [2.75, 3.05) is 36.5 Å². The lowest BCUT2D eigenvalue weighted by Gasteiger charge is -2.34. The van der Waals surface area contributed by atoms with Gasteiger partial charge in [0.05, 0.1) is 42.7 Å². The van der Waals surface area contributed by atoms with Crippen molar-refractivity contribution in [3.63, 3.8) is 0 Å². The lowest BCUT2D eigenvalue weighted by molar-refractivity contribution is 0.0985. The van der Waals surface area contributed by atoms with Gasteiger partial charge in [-0.05, 0) is 44.5 Å². The second-order valence-electron chi connectivity index (χ2n) is 9.64. The van der Waals surface area contributed by atoms with E-state index in [0.29, 0.717) is 49.1 Å². The van der Waals surface area contributed by atoms with Crippen molar-refractivity contribution in [1.29, 1.82) is 5.26 Å². The lowest BCUT2D eigenvalue weighted by atomic mass is 10.1. The van der Waals surface area contributed by atoms with Crippen LogP contribution in [0.15, 0.2) is 40.1 Å². The fraction of sp³-hybridized carbons (Fsp3) is 0.423. The molecule has 3 atom stereocenters. The minimum atomic E-state index is -3.54. The minimum absolute atomic E-state index is 0.109. The third kappa shape index (κ3) is 6.03. The Morgan fingerprint density at radius 1 is 1.26 bits per heavy atom. The number of morpholine rings is 1. The number of carbonyl (C=O) groups is 1. The molecule has 1 aromatic carbocycles. The van der Waals surface area contributed by atoms with Crippen LogP contribution in [0.4, 0.5) is 16.3 Å². The van der Waals surface area contributed by atoms with E-state index in [-0.39, 0.29) is 29.3 Å². The highest BCUT2D eigenvalue weighted by molar-refractivity contribution is 7.94. The third-order valence-electron chi connectivity index (χ3n) is 6.67. The molecular weight excluding hydrogens is 538 g/mol. The van der Waals surface area contributed by atoms with Crippen molar-refractivity contribution in [3.8, 4) is 17.5 Å².